The SMILES string of the molecule is COC1CCCN(CC2(C(=O)O)CCCC2)C1. The van der Waals surface area contributed by atoms with E-state index >= 15 is 0 Å². The standard InChI is InChI=1S/C13H23NO3/c1-17-11-5-4-8-14(9-11)10-13(12(15)16)6-2-3-7-13/h11H,2-10H2,1H3,(H,15,16). The summed E-state index contributed by atoms with van der Waals surface area (Å²) >= 11 is 0. The van der Waals surface area contributed by atoms with Gasteiger partial charge in [0.1, 0.15) is 0 Å². The number of piperidine rings is 1. The summed E-state index contributed by atoms with van der Waals surface area (Å²) in [7, 11) is 1.75. The number of ether oxygens (including phenoxy) is 1. The largest absolute Gasteiger partial charge is 0.481 e. The van der Waals surface area contributed by atoms with Gasteiger partial charge in [-0.3, -0.25) is 9.69 Å². The van der Waals surface area contributed by atoms with Crippen LogP contribution in [0.5, 0.6) is 0 Å². The minimum atomic E-state index is -0.602. The molecule has 1 unspecified atom stereocenters. The lowest BCUT2D eigenvalue weighted by Crippen LogP contribution is -2.47. The predicted octanol–water partition coefficient (Wildman–Crippen LogP) is 1.74. The van der Waals surface area contributed by atoms with E-state index in [1.807, 2.05) is 0 Å². The van der Waals surface area contributed by atoms with Gasteiger partial charge in [0.25, 0.3) is 0 Å². The summed E-state index contributed by atoms with van der Waals surface area (Å²) in [5.41, 5.74) is -0.477. The normalized spacial score (nSPS) is 29.4. The number of carbonyl (C=O) groups is 1. The van der Waals surface area contributed by atoms with Crippen LogP contribution in [-0.4, -0.2) is 48.8 Å². The van der Waals surface area contributed by atoms with E-state index in [2.05, 4.69) is 4.90 Å². The third-order valence-electron chi connectivity index (χ3n) is 4.34. The van der Waals surface area contributed by atoms with Crippen LogP contribution in [0.25, 0.3) is 0 Å². The summed E-state index contributed by atoms with van der Waals surface area (Å²) in [6, 6.07) is 0. The Labute approximate surface area is 103 Å². The Hall–Kier alpha value is -0.610. The van der Waals surface area contributed by atoms with Crippen LogP contribution in [0, 0.1) is 5.41 Å². The summed E-state index contributed by atoms with van der Waals surface area (Å²) in [6.07, 6.45) is 6.33. The van der Waals surface area contributed by atoms with Crippen molar-refractivity contribution < 1.29 is 14.6 Å². The highest BCUT2D eigenvalue weighted by Gasteiger charge is 2.43. The van der Waals surface area contributed by atoms with E-state index in [-0.39, 0.29) is 6.10 Å². The van der Waals surface area contributed by atoms with Gasteiger partial charge in [0.2, 0.25) is 0 Å². The molecule has 0 amide bonds. The van der Waals surface area contributed by atoms with E-state index in [4.69, 9.17) is 4.74 Å². The first-order valence-corrected chi connectivity index (χ1v) is 6.65. The van der Waals surface area contributed by atoms with Crippen LogP contribution < -0.4 is 0 Å². The van der Waals surface area contributed by atoms with Gasteiger partial charge in [0.15, 0.2) is 0 Å². The summed E-state index contributed by atoms with van der Waals surface area (Å²) in [5.74, 6) is -0.602. The smallest absolute Gasteiger partial charge is 0.310 e. The number of carboxylic acids is 1. The Morgan fingerprint density at radius 1 is 1.41 bits per heavy atom. The number of nitrogens with zero attached hydrogens (tertiary/aromatic N) is 1. The van der Waals surface area contributed by atoms with Gasteiger partial charge in [-0.25, -0.2) is 0 Å². The zero-order valence-corrected chi connectivity index (χ0v) is 10.7. The second kappa shape index (κ2) is 5.36. The maximum atomic E-state index is 11.5. The maximum absolute atomic E-state index is 11.5. The quantitative estimate of drug-likeness (QED) is 0.814. The number of methoxy groups -OCH3 is 1. The van der Waals surface area contributed by atoms with Gasteiger partial charge in [-0.15, -0.1) is 0 Å². The lowest BCUT2D eigenvalue weighted by Gasteiger charge is -2.37. The van der Waals surface area contributed by atoms with E-state index < -0.39 is 11.4 Å². The summed E-state index contributed by atoms with van der Waals surface area (Å²) in [4.78, 5) is 13.8. The molecule has 2 rings (SSSR count). The molecule has 17 heavy (non-hydrogen) atoms. The molecule has 0 aromatic heterocycles. The van der Waals surface area contributed by atoms with Crippen LogP contribution >= 0.6 is 0 Å². The fourth-order valence-electron chi connectivity index (χ4n) is 3.27. The van der Waals surface area contributed by atoms with Crippen LogP contribution in [0.15, 0.2) is 0 Å². The molecule has 1 N–H and O–H groups in total. The number of carboxylic acid groups (broad SMARTS) is 1. The molecule has 1 saturated carbocycles. The highest BCUT2D eigenvalue weighted by atomic mass is 16.5. The lowest BCUT2D eigenvalue weighted by atomic mass is 9.85. The molecule has 4 nitrogen and oxygen atoms in total. The van der Waals surface area contributed by atoms with Crippen LogP contribution in [0.1, 0.15) is 38.5 Å². The highest BCUT2D eigenvalue weighted by Crippen LogP contribution is 2.39. The number of likely N-dealkylation sites (tertiary alicyclic amines) is 1. The van der Waals surface area contributed by atoms with Gasteiger partial charge in [0, 0.05) is 20.2 Å². The first-order valence-electron chi connectivity index (χ1n) is 6.65. The van der Waals surface area contributed by atoms with Crippen LogP contribution in [-0.2, 0) is 9.53 Å². The van der Waals surface area contributed by atoms with Crippen molar-refractivity contribution in [1.29, 1.82) is 0 Å². The average molecular weight is 241 g/mol. The number of hydrogen-bond acceptors (Lipinski definition) is 3. The second-order valence-electron chi connectivity index (χ2n) is 5.53. The Bertz CT molecular complexity index is 274. The van der Waals surface area contributed by atoms with E-state index in [1.165, 1.54) is 0 Å². The van der Waals surface area contributed by atoms with Gasteiger partial charge >= 0.3 is 5.97 Å². The number of rotatable bonds is 4. The number of hydrogen-bond donors (Lipinski definition) is 1. The molecule has 0 spiro atoms. The molecule has 1 aliphatic heterocycles. The molecular formula is C13H23NO3. The molecule has 2 fully saturated rings. The third-order valence-corrected chi connectivity index (χ3v) is 4.34. The van der Waals surface area contributed by atoms with Crippen molar-refractivity contribution in [3.8, 4) is 0 Å². The first-order chi connectivity index (χ1) is 8.16. The van der Waals surface area contributed by atoms with Gasteiger partial charge < -0.3 is 9.84 Å². The molecule has 2 aliphatic rings. The fourth-order valence-corrected chi connectivity index (χ4v) is 3.27. The molecule has 0 bridgehead atoms. The topological polar surface area (TPSA) is 49.8 Å². The molecule has 1 saturated heterocycles. The Balaban J connectivity index is 1.96. The molecule has 0 radical (unpaired) electrons. The Kier molecular flexibility index (Phi) is 4.05. The molecule has 1 atom stereocenters. The van der Waals surface area contributed by atoms with Gasteiger partial charge in [0.05, 0.1) is 11.5 Å². The van der Waals surface area contributed by atoms with Crippen molar-refractivity contribution in [2.24, 2.45) is 5.41 Å². The van der Waals surface area contributed by atoms with Crippen molar-refractivity contribution in [3.05, 3.63) is 0 Å². The van der Waals surface area contributed by atoms with Crippen LogP contribution in [0.2, 0.25) is 0 Å². The van der Waals surface area contributed by atoms with Gasteiger partial charge in [-0.2, -0.15) is 0 Å². The van der Waals surface area contributed by atoms with Crippen LogP contribution in [0.4, 0.5) is 0 Å². The molecular weight excluding hydrogens is 218 g/mol. The molecule has 1 heterocycles. The molecule has 1 aliphatic carbocycles. The third kappa shape index (κ3) is 2.80. The van der Waals surface area contributed by atoms with Crippen molar-refractivity contribution in [3.63, 3.8) is 0 Å². The number of aliphatic carboxylic acids is 1. The van der Waals surface area contributed by atoms with E-state index in [1.54, 1.807) is 7.11 Å². The Morgan fingerprint density at radius 2 is 2.12 bits per heavy atom. The zero-order chi connectivity index (χ0) is 12.3. The van der Waals surface area contributed by atoms with Gasteiger partial charge in [-0.1, -0.05) is 12.8 Å². The monoisotopic (exact) mass is 241 g/mol. The minimum Gasteiger partial charge on any atom is -0.481 e. The molecule has 0 aromatic carbocycles. The fraction of sp³-hybridized carbons (Fsp3) is 0.923. The van der Waals surface area contributed by atoms with Crippen molar-refractivity contribution >= 4 is 5.97 Å². The van der Waals surface area contributed by atoms with Crippen molar-refractivity contribution in [2.45, 2.75) is 44.6 Å². The predicted molar refractivity (Wildman–Crippen MR) is 65.0 cm³/mol. The minimum absolute atomic E-state index is 0.288. The highest BCUT2D eigenvalue weighted by molar-refractivity contribution is 5.75. The maximum Gasteiger partial charge on any atom is 0.310 e. The van der Waals surface area contributed by atoms with E-state index in [0.29, 0.717) is 6.54 Å². The first kappa shape index (κ1) is 12.8. The van der Waals surface area contributed by atoms with E-state index in [9.17, 15) is 9.90 Å². The summed E-state index contributed by atoms with van der Waals surface area (Å²) < 4.78 is 5.39. The van der Waals surface area contributed by atoms with Gasteiger partial charge in [-0.05, 0) is 32.2 Å². The average Bonchev–Trinajstić information content (AvgIpc) is 2.79. The van der Waals surface area contributed by atoms with E-state index in [0.717, 1.165) is 51.6 Å². The molecule has 0 aromatic rings. The second-order valence-corrected chi connectivity index (χ2v) is 5.53. The Morgan fingerprint density at radius 3 is 2.71 bits per heavy atom. The molecule has 4 heteroatoms. The molecule has 98 valence electrons. The zero-order valence-electron chi connectivity index (χ0n) is 10.7. The summed E-state index contributed by atoms with van der Waals surface area (Å²) in [6.45, 7) is 2.63. The van der Waals surface area contributed by atoms with Crippen molar-refractivity contribution in [2.75, 3.05) is 26.7 Å². The summed E-state index contributed by atoms with van der Waals surface area (Å²) in [5, 5.41) is 9.46. The van der Waals surface area contributed by atoms with Crippen molar-refractivity contribution in [1.82, 2.24) is 4.90 Å². The van der Waals surface area contributed by atoms with Crippen LogP contribution in [0.3, 0.4) is 0 Å². The lowest BCUT2D eigenvalue weighted by molar-refractivity contribution is -0.150.